The summed E-state index contributed by atoms with van der Waals surface area (Å²) in [5.74, 6) is -1.07. The molecule has 0 amide bonds. The normalized spacial score (nSPS) is 11.1. The van der Waals surface area contributed by atoms with Crippen LogP contribution >= 0.6 is 0 Å². The Labute approximate surface area is 94.5 Å². The molecular weight excluding hydrogens is 222 g/mol. The SMILES string of the molecule is Nc1ccc2cc(C(=O)O)c3nnnn3c2c1. The van der Waals surface area contributed by atoms with Crippen molar-refractivity contribution in [3.8, 4) is 0 Å². The molecule has 0 atom stereocenters. The zero-order chi connectivity index (χ0) is 12.0. The van der Waals surface area contributed by atoms with Gasteiger partial charge in [-0.3, -0.25) is 0 Å². The minimum absolute atomic E-state index is 0.0623. The van der Waals surface area contributed by atoms with Crippen LogP contribution in [0.3, 0.4) is 0 Å². The van der Waals surface area contributed by atoms with Crippen molar-refractivity contribution in [1.29, 1.82) is 0 Å². The molecule has 2 aromatic heterocycles. The van der Waals surface area contributed by atoms with Crippen LogP contribution in [0.2, 0.25) is 0 Å². The standard InChI is InChI=1S/C10H7N5O2/c11-6-2-1-5-3-7(10(16)17)9-12-13-14-15(9)8(5)4-6/h1-4H,11H2,(H,16,17). The number of carboxylic acid groups (broad SMARTS) is 1. The number of hydrogen-bond acceptors (Lipinski definition) is 5. The number of tetrazole rings is 1. The summed E-state index contributed by atoms with van der Waals surface area (Å²) in [6.45, 7) is 0. The number of nitrogens with two attached hydrogens (primary N) is 1. The van der Waals surface area contributed by atoms with Crippen LogP contribution in [-0.2, 0) is 0 Å². The molecule has 0 fully saturated rings. The summed E-state index contributed by atoms with van der Waals surface area (Å²) in [6.07, 6.45) is 0. The second-order valence-electron chi connectivity index (χ2n) is 3.60. The van der Waals surface area contributed by atoms with Gasteiger partial charge in [-0.25, -0.2) is 4.79 Å². The van der Waals surface area contributed by atoms with Gasteiger partial charge in [0.25, 0.3) is 0 Å². The molecular formula is C10H7N5O2. The highest BCUT2D eigenvalue weighted by Gasteiger charge is 2.14. The largest absolute Gasteiger partial charge is 0.478 e. The van der Waals surface area contributed by atoms with E-state index in [1.807, 2.05) is 0 Å². The smallest absolute Gasteiger partial charge is 0.339 e. The van der Waals surface area contributed by atoms with Gasteiger partial charge in [0, 0.05) is 11.1 Å². The van der Waals surface area contributed by atoms with Gasteiger partial charge in [0.2, 0.25) is 0 Å². The third-order valence-corrected chi connectivity index (χ3v) is 2.52. The van der Waals surface area contributed by atoms with Crippen molar-refractivity contribution in [2.24, 2.45) is 0 Å². The number of nitrogen functional groups attached to an aromatic ring is 1. The Morgan fingerprint density at radius 2 is 2.18 bits per heavy atom. The number of fused-ring (bicyclic) bond motifs is 3. The zero-order valence-electron chi connectivity index (χ0n) is 8.53. The number of pyridine rings is 1. The molecule has 0 spiro atoms. The summed E-state index contributed by atoms with van der Waals surface area (Å²) in [6, 6.07) is 6.66. The van der Waals surface area contributed by atoms with Crippen molar-refractivity contribution in [1.82, 2.24) is 20.0 Å². The van der Waals surface area contributed by atoms with Crippen LogP contribution in [-0.4, -0.2) is 31.1 Å². The lowest BCUT2D eigenvalue weighted by Gasteiger charge is -2.03. The number of hydrogen-bond donors (Lipinski definition) is 2. The third-order valence-electron chi connectivity index (χ3n) is 2.52. The van der Waals surface area contributed by atoms with Crippen LogP contribution in [0.25, 0.3) is 16.6 Å². The Morgan fingerprint density at radius 1 is 1.35 bits per heavy atom. The number of benzene rings is 1. The summed E-state index contributed by atoms with van der Waals surface area (Å²) in [5, 5.41) is 20.8. The van der Waals surface area contributed by atoms with Gasteiger partial charge in [-0.15, -0.1) is 5.10 Å². The highest BCUT2D eigenvalue weighted by Crippen LogP contribution is 2.21. The molecule has 7 heteroatoms. The van der Waals surface area contributed by atoms with Gasteiger partial charge in [-0.2, -0.15) is 4.52 Å². The predicted molar refractivity (Wildman–Crippen MR) is 59.7 cm³/mol. The fourth-order valence-corrected chi connectivity index (χ4v) is 1.76. The van der Waals surface area contributed by atoms with Gasteiger partial charge in [0.15, 0.2) is 5.65 Å². The van der Waals surface area contributed by atoms with Gasteiger partial charge < -0.3 is 10.8 Å². The first kappa shape index (κ1) is 9.52. The van der Waals surface area contributed by atoms with Gasteiger partial charge >= 0.3 is 5.97 Å². The Bertz CT molecular complexity index is 749. The lowest BCUT2D eigenvalue weighted by atomic mass is 10.1. The van der Waals surface area contributed by atoms with E-state index in [-0.39, 0.29) is 11.2 Å². The van der Waals surface area contributed by atoms with Crippen LogP contribution in [0.1, 0.15) is 10.4 Å². The molecule has 3 rings (SSSR count). The molecule has 0 unspecified atom stereocenters. The summed E-state index contributed by atoms with van der Waals surface area (Å²) >= 11 is 0. The Kier molecular flexibility index (Phi) is 1.76. The maximum absolute atomic E-state index is 11.1. The second kappa shape index (κ2) is 3.14. The average molecular weight is 229 g/mol. The quantitative estimate of drug-likeness (QED) is 0.590. The van der Waals surface area contributed by atoms with Crippen LogP contribution in [0.4, 0.5) is 5.69 Å². The van der Waals surface area contributed by atoms with E-state index < -0.39 is 5.97 Å². The van der Waals surface area contributed by atoms with Gasteiger partial charge in [0.05, 0.1) is 5.52 Å². The van der Waals surface area contributed by atoms with E-state index in [2.05, 4.69) is 15.5 Å². The molecule has 0 saturated heterocycles. The lowest BCUT2D eigenvalue weighted by molar-refractivity contribution is 0.0698. The fraction of sp³-hybridized carbons (Fsp3) is 0. The summed E-state index contributed by atoms with van der Waals surface area (Å²) in [5.41, 5.74) is 7.19. The van der Waals surface area contributed by atoms with Gasteiger partial charge in [-0.05, 0) is 28.6 Å². The minimum Gasteiger partial charge on any atom is -0.478 e. The van der Waals surface area contributed by atoms with E-state index in [4.69, 9.17) is 10.8 Å². The number of anilines is 1. The number of carbonyl (C=O) groups is 1. The van der Waals surface area contributed by atoms with Crippen LogP contribution < -0.4 is 5.73 Å². The molecule has 84 valence electrons. The summed E-state index contributed by atoms with van der Waals surface area (Å²) in [7, 11) is 0. The minimum atomic E-state index is -1.07. The molecule has 0 bridgehead atoms. The maximum Gasteiger partial charge on any atom is 0.339 e. The molecule has 1 aromatic carbocycles. The maximum atomic E-state index is 11.1. The van der Waals surface area contributed by atoms with E-state index in [0.29, 0.717) is 11.2 Å². The summed E-state index contributed by atoms with van der Waals surface area (Å²) < 4.78 is 1.37. The molecule has 7 nitrogen and oxygen atoms in total. The van der Waals surface area contributed by atoms with Crippen molar-refractivity contribution >= 4 is 28.2 Å². The van der Waals surface area contributed by atoms with Crippen molar-refractivity contribution in [3.63, 3.8) is 0 Å². The number of rotatable bonds is 1. The first-order chi connectivity index (χ1) is 8.16. The summed E-state index contributed by atoms with van der Waals surface area (Å²) in [4.78, 5) is 11.1. The highest BCUT2D eigenvalue weighted by atomic mass is 16.4. The van der Waals surface area contributed by atoms with E-state index in [9.17, 15) is 4.79 Å². The molecule has 0 aliphatic rings. The third kappa shape index (κ3) is 1.29. The van der Waals surface area contributed by atoms with Crippen molar-refractivity contribution in [2.45, 2.75) is 0 Å². The molecule has 3 aromatic rings. The van der Waals surface area contributed by atoms with E-state index in [1.54, 1.807) is 18.2 Å². The van der Waals surface area contributed by atoms with E-state index in [1.165, 1.54) is 10.6 Å². The number of aromatic nitrogens is 4. The predicted octanol–water partition coefficient (Wildman–Crippen LogP) is 0.558. The molecule has 0 radical (unpaired) electrons. The Morgan fingerprint density at radius 3 is 2.94 bits per heavy atom. The fourth-order valence-electron chi connectivity index (χ4n) is 1.76. The molecule has 0 aliphatic carbocycles. The van der Waals surface area contributed by atoms with Crippen molar-refractivity contribution in [2.75, 3.05) is 5.73 Å². The monoisotopic (exact) mass is 229 g/mol. The number of carboxylic acids is 1. The zero-order valence-corrected chi connectivity index (χ0v) is 8.53. The molecule has 2 heterocycles. The Balaban J connectivity index is 2.55. The second-order valence-corrected chi connectivity index (χ2v) is 3.60. The van der Waals surface area contributed by atoms with Crippen LogP contribution in [0, 0.1) is 0 Å². The number of aromatic carboxylic acids is 1. The molecule has 3 N–H and O–H groups in total. The van der Waals surface area contributed by atoms with E-state index >= 15 is 0 Å². The number of nitrogens with zero attached hydrogens (tertiary/aromatic N) is 4. The first-order valence-corrected chi connectivity index (χ1v) is 4.80. The van der Waals surface area contributed by atoms with Crippen LogP contribution in [0.5, 0.6) is 0 Å². The average Bonchev–Trinajstić information content (AvgIpc) is 2.76. The molecule has 0 aliphatic heterocycles. The Hall–Kier alpha value is -2.70. The van der Waals surface area contributed by atoms with E-state index in [0.717, 1.165) is 5.39 Å². The van der Waals surface area contributed by atoms with Crippen molar-refractivity contribution in [3.05, 3.63) is 29.8 Å². The molecule has 0 saturated carbocycles. The lowest BCUT2D eigenvalue weighted by Crippen LogP contribution is -2.03. The van der Waals surface area contributed by atoms with Crippen molar-refractivity contribution < 1.29 is 9.90 Å². The van der Waals surface area contributed by atoms with Gasteiger partial charge in [-0.1, -0.05) is 6.07 Å². The van der Waals surface area contributed by atoms with Crippen LogP contribution in [0.15, 0.2) is 24.3 Å². The highest BCUT2D eigenvalue weighted by molar-refractivity contribution is 5.99. The van der Waals surface area contributed by atoms with Gasteiger partial charge in [0.1, 0.15) is 5.56 Å². The molecule has 17 heavy (non-hydrogen) atoms. The topological polar surface area (TPSA) is 106 Å². The first-order valence-electron chi connectivity index (χ1n) is 4.80.